The van der Waals surface area contributed by atoms with E-state index in [1.165, 1.54) is 17.8 Å². The first-order chi connectivity index (χ1) is 22.4. The summed E-state index contributed by atoms with van der Waals surface area (Å²) in [4.78, 5) is 14.9. The van der Waals surface area contributed by atoms with E-state index in [9.17, 15) is 15.3 Å². The number of rotatable bonds is 20. The van der Waals surface area contributed by atoms with E-state index in [0.717, 1.165) is 43.6 Å². The number of anilines is 1. The van der Waals surface area contributed by atoms with E-state index in [1.54, 1.807) is 6.92 Å². The third-order valence-corrected chi connectivity index (χ3v) is 9.11. The van der Waals surface area contributed by atoms with Crippen LogP contribution < -0.4 is 4.90 Å². The zero-order valence-corrected chi connectivity index (χ0v) is 28.4. The Morgan fingerprint density at radius 3 is 2.13 bits per heavy atom. The molecule has 2 aromatic rings. The van der Waals surface area contributed by atoms with Crippen LogP contribution in [0.15, 0.2) is 28.4 Å². The molecule has 0 bridgehead atoms. The normalized spacial score (nSPS) is 16.3. The summed E-state index contributed by atoms with van der Waals surface area (Å²) in [6, 6.07) is 10.2. The number of nitrogens with zero attached hydrogens (tertiary/aromatic N) is 5. The molecule has 1 aromatic carbocycles. The van der Waals surface area contributed by atoms with Crippen LogP contribution in [0.5, 0.6) is 0 Å². The summed E-state index contributed by atoms with van der Waals surface area (Å²) in [6.45, 7) is 13.6. The molecule has 3 rings (SSSR count). The number of thiophene rings is 1. The van der Waals surface area contributed by atoms with E-state index in [0.29, 0.717) is 85.5 Å². The van der Waals surface area contributed by atoms with Gasteiger partial charge in [-0.05, 0) is 68.9 Å². The third-order valence-electron chi connectivity index (χ3n) is 8.03. The second-order valence-corrected chi connectivity index (χ2v) is 12.2. The molecule has 46 heavy (non-hydrogen) atoms. The van der Waals surface area contributed by atoms with Crippen molar-refractivity contribution in [1.29, 1.82) is 10.5 Å². The number of likely N-dealkylation sites (N-methyl/N-ethyl adjacent to an activating group) is 1. The average Bonchev–Trinajstić information content (AvgIpc) is 3.37. The Kier molecular flexibility index (Phi) is 16.7. The molecule has 11 nitrogen and oxygen atoms in total. The van der Waals surface area contributed by atoms with E-state index in [1.807, 2.05) is 19.1 Å². The maximum atomic E-state index is 12.2. The van der Waals surface area contributed by atoms with Crippen molar-refractivity contribution in [3.63, 3.8) is 0 Å². The molecule has 1 fully saturated rings. The van der Waals surface area contributed by atoms with Crippen molar-refractivity contribution in [2.24, 2.45) is 22.1 Å². The Balaban J connectivity index is 1.21. The predicted octanol–water partition coefficient (Wildman–Crippen LogP) is 6.79. The molecular weight excluding hydrogens is 606 g/mol. The van der Waals surface area contributed by atoms with E-state index in [2.05, 4.69) is 47.2 Å². The molecule has 0 saturated heterocycles. The van der Waals surface area contributed by atoms with Gasteiger partial charge >= 0.3 is 5.97 Å². The van der Waals surface area contributed by atoms with Gasteiger partial charge in [-0.1, -0.05) is 19.8 Å². The number of carbonyl (C=O) groups excluding carboxylic acids is 1. The molecule has 0 N–H and O–H groups in total. The topological polar surface area (TPSA) is 139 Å². The van der Waals surface area contributed by atoms with Crippen LogP contribution in [-0.2, 0) is 28.5 Å². The highest BCUT2D eigenvalue weighted by atomic mass is 32.1. The number of esters is 1. The molecule has 0 aliphatic heterocycles. The van der Waals surface area contributed by atoms with Crippen LogP contribution in [0.1, 0.15) is 61.1 Å². The van der Waals surface area contributed by atoms with Gasteiger partial charge in [-0.2, -0.15) is 10.5 Å². The molecule has 1 aliphatic carbocycles. The van der Waals surface area contributed by atoms with Crippen LogP contribution in [0.25, 0.3) is 0 Å². The first-order valence-electron chi connectivity index (χ1n) is 16.1. The molecule has 0 radical (unpaired) electrons. The second-order valence-electron chi connectivity index (χ2n) is 11.2. The standard InChI is InChI=1S/C34H47N5O6S/c1-5-39(28-10-11-31(26(3)22-28)37-38-33-30(23-35)27(4)32(24-36)46-33)12-13-41-14-15-42-16-17-43-18-19-44-20-21-45-34(40)29-9-7-6-8-25(29)2/h10-11,22,25,29H,5-9,12-21H2,1-4H3/b38-37+. The summed E-state index contributed by atoms with van der Waals surface area (Å²) in [5, 5.41) is 27.7. The minimum absolute atomic E-state index is 0.0387. The highest BCUT2D eigenvalue weighted by Crippen LogP contribution is 2.36. The summed E-state index contributed by atoms with van der Waals surface area (Å²) in [7, 11) is 0. The molecule has 2 unspecified atom stereocenters. The van der Waals surface area contributed by atoms with Gasteiger partial charge in [0.2, 0.25) is 0 Å². The molecule has 12 heteroatoms. The number of hydrogen-bond acceptors (Lipinski definition) is 12. The number of aryl methyl sites for hydroxylation is 1. The van der Waals surface area contributed by atoms with Crippen LogP contribution in [0.4, 0.5) is 16.4 Å². The van der Waals surface area contributed by atoms with Crippen LogP contribution in [0, 0.1) is 48.3 Å². The maximum absolute atomic E-state index is 12.2. The Morgan fingerprint density at radius 2 is 1.54 bits per heavy atom. The fourth-order valence-electron chi connectivity index (χ4n) is 5.24. The van der Waals surface area contributed by atoms with Gasteiger partial charge in [0.15, 0.2) is 5.00 Å². The van der Waals surface area contributed by atoms with Gasteiger partial charge in [0.1, 0.15) is 23.6 Å². The summed E-state index contributed by atoms with van der Waals surface area (Å²) in [6.07, 6.45) is 4.35. The fraction of sp³-hybridized carbons (Fsp3) is 0.618. The minimum Gasteiger partial charge on any atom is -0.463 e. The van der Waals surface area contributed by atoms with Gasteiger partial charge < -0.3 is 28.6 Å². The van der Waals surface area contributed by atoms with Crippen molar-refractivity contribution in [2.45, 2.75) is 53.4 Å². The van der Waals surface area contributed by atoms with Gasteiger partial charge in [-0.3, -0.25) is 4.79 Å². The third kappa shape index (κ3) is 11.8. The van der Waals surface area contributed by atoms with Crippen molar-refractivity contribution in [1.82, 2.24) is 0 Å². The SMILES string of the molecule is CCN(CCOCCOCCOCCOCCOC(=O)C1CCCCC1C)c1ccc(/N=N/c2sc(C#N)c(C)c2C#N)c(C)c1. The number of ether oxygens (including phenoxy) is 5. The second kappa shape index (κ2) is 20.7. The van der Waals surface area contributed by atoms with Crippen LogP contribution in [0.3, 0.4) is 0 Å². The zero-order chi connectivity index (χ0) is 33.1. The zero-order valence-electron chi connectivity index (χ0n) is 27.6. The first kappa shape index (κ1) is 37.1. The minimum atomic E-state index is -0.0865. The highest BCUT2D eigenvalue weighted by molar-refractivity contribution is 7.16. The number of nitriles is 2. The quantitative estimate of drug-likeness (QED) is 0.0859. The lowest BCUT2D eigenvalue weighted by atomic mass is 9.80. The predicted molar refractivity (Wildman–Crippen MR) is 177 cm³/mol. The van der Waals surface area contributed by atoms with E-state index in [4.69, 9.17) is 23.7 Å². The van der Waals surface area contributed by atoms with Crippen molar-refractivity contribution in [3.05, 3.63) is 39.8 Å². The van der Waals surface area contributed by atoms with Gasteiger partial charge in [0.05, 0.1) is 70.0 Å². The van der Waals surface area contributed by atoms with Gasteiger partial charge in [-0.25, -0.2) is 0 Å². The monoisotopic (exact) mass is 653 g/mol. The number of azo groups is 1. The molecule has 1 aromatic heterocycles. The van der Waals surface area contributed by atoms with Gasteiger partial charge in [-0.15, -0.1) is 21.6 Å². The summed E-state index contributed by atoms with van der Waals surface area (Å²) in [5.74, 6) is 0.361. The van der Waals surface area contributed by atoms with Gasteiger partial charge in [0.25, 0.3) is 0 Å². The largest absolute Gasteiger partial charge is 0.463 e. The van der Waals surface area contributed by atoms with Crippen molar-refractivity contribution < 1.29 is 28.5 Å². The van der Waals surface area contributed by atoms with Crippen molar-refractivity contribution in [3.8, 4) is 12.1 Å². The Morgan fingerprint density at radius 1 is 0.913 bits per heavy atom. The number of benzene rings is 1. The molecule has 0 spiro atoms. The number of carbonyl (C=O) groups is 1. The molecule has 1 heterocycles. The van der Waals surface area contributed by atoms with Crippen molar-refractivity contribution >= 4 is 33.7 Å². The highest BCUT2D eigenvalue weighted by Gasteiger charge is 2.28. The van der Waals surface area contributed by atoms with Gasteiger partial charge in [0, 0.05) is 18.8 Å². The maximum Gasteiger partial charge on any atom is 0.309 e. The van der Waals surface area contributed by atoms with Crippen LogP contribution in [-0.4, -0.2) is 78.5 Å². The Hall–Kier alpha value is -3.39. The molecule has 250 valence electrons. The van der Waals surface area contributed by atoms with E-state index < -0.39 is 0 Å². The van der Waals surface area contributed by atoms with E-state index >= 15 is 0 Å². The fourth-order valence-corrected chi connectivity index (χ4v) is 6.11. The molecule has 2 atom stereocenters. The first-order valence-corrected chi connectivity index (χ1v) is 16.9. The Labute approximate surface area is 277 Å². The molecule has 0 amide bonds. The van der Waals surface area contributed by atoms with E-state index in [-0.39, 0.29) is 18.5 Å². The summed E-state index contributed by atoms with van der Waals surface area (Å²) in [5.41, 5.74) is 3.77. The average molecular weight is 654 g/mol. The van der Waals surface area contributed by atoms with Crippen molar-refractivity contribution in [2.75, 3.05) is 77.5 Å². The smallest absolute Gasteiger partial charge is 0.309 e. The molecule has 1 saturated carbocycles. The summed E-state index contributed by atoms with van der Waals surface area (Å²) < 4.78 is 27.8. The lowest BCUT2D eigenvalue weighted by Gasteiger charge is -2.26. The van der Waals surface area contributed by atoms with Crippen LogP contribution >= 0.6 is 11.3 Å². The lowest BCUT2D eigenvalue weighted by Crippen LogP contribution is -2.28. The molecule has 1 aliphatic rings. The Bertz CT molecular complexity index is 1350. The van der Waals surface area contributed by atoms with Crippen LogP contribution in [0.2, 0.25) is 0 Å². The molecular formula is C34H47N5O6S. The summed E-state index contributed by atoms with van der Waals surface area (Å²) >= 11 is 1.18. The lowest BCUT2D eigenvalue weighted by molar-refractivity contribution is -0.153. The number of hydrogen-bond donors (Lipinski definition) is 0.